The van der Waals surface area contributed by atoms with Crippen molar-refractivity contribution in [2.75, 3.05) is 7.11 Å². The number of carbonyl (C=O) groups excluding carboxylic acids is 1. The van der Waals surface area contributed by atoms with Gasteiger partial charge in [0.15, 0.2) is 5.65 Å². The van der Waals surface area contributed by atoms with E-state index in [4.69, 9.17) is 4.74 Å². The second-order valence-corrected chi connectivity index (χ2v) is 5.37. The second kappa shape index (κ2) is 4.95. The Morgan fingerprint density at radius 2 is 1.91 bits per heavy atom. The molecule has 6 nitrogen and oxygen atoms in total. The van der Waals surface area contributed by atoms with E-state index < -0.39 is 0 Å². The van der Waals surface area contributed by atoms with Gasteiger partial charge < -0.3 is 14.7 Å². The van der Waals surface area contributed by atoms with Crippen molar-refractivity contribution in [3.05, 3.63) is 47.9 Å². The smallest absolute Gasteiger partial charge is 0.354 e. The van der Waals surface area contributed by atoms with Gasteiger partial charge in [-0.1, -0.05) is 12.1 Å². The predicted molar refractivity (Wildman–Crippen MR) is 87.3 cm³/mol. The summed E-state index contributed by atoms with van der Waals surface area (Å²) in [7, 11) is 1.37. The van der Waals surface area contributed by atoms with Crippen LogP contribution in [0.25, 0.3) is 33.3 Å². The average Bonchev–Trinajstić information content (AvgIpc) is 3.14. The third-order valence-corrected chi connectivity index (χ3v) is 3.79. The van der Waals surface area contributed by atoms with E-state index >= 15 is 0 Å². The molecule has 0 unspecified atom stereocenters. The summed E-state index contributed by atoms with van der Waals surface area (Å²) in [5, 5.41) is 0.950. The quantitative estimate of drug-likeness (QED) is 0.557. The Labute approximate surface area is 131 Å². The number of aromatic amines is 2. The summed E-state index contributed by atoms with van der Waals surface area (Å²) in [6.45, 7) is 1.90. The van der Waals surface area contributed by atoms with E-state index in [1.807, 2.05) is 37.3 Å². The molecule has 4 aromatic rings. The van der Waals surface area contributed by atoms with Crippen LogP contribution >= 0.6 is 0 Å². The molecule has 6 heteroatoms. The van der Waals surface area contributed by atoms with E-state index in [1.54, 1.807) is 6.07 Å². The van der Waals surface area contributed by atoms with Gasteiger partial charge in [-0.15, -0.1) is 0 Å². The number of hydrogen-bond donors (Lipinski definition) is 2. The number of benzene rings is 1. The van der Waals surface area contributed by atoms with Crippen LogP contribution in [0.5, 0.6) is 0 Å². The first-order valence-corrected chi connectivity index (χ1v) is 7.19. The van der Waals surface area contributed by atoms with Gasteiger partial charge >= 0.3 is 5.97 Å². The topological polar surface area (TPSA) is 83.7 Å². The van der Waals surface area contributed by atoms with Gasteiger partial charge in [-0.25, -0.2) is 14.8 Å². The Kier molecular flexibility index (Phi) is 2.90. The number of methoxy groups -OCH3 is 1. The maximum absolute atomic E-state index is 11.6. The van der Waals surface area contributed by atoms with Gasteiger partial charge in [0.05, 0.1) is 18.3 Å². The number of nitrogens with one attached hydrogen (secondary N) is 2. The molecular weight excluding hydrogens is 292 g/mol. The van der Waals surface area contributed by atoms with Crippen molar-refractivity contribution in [1.82, 2.24) is 19.9 Å². The molecule has 3 aromatic heterocycles. The molecule has 1 aromatic carbocycles. The van der Waals surface area contributed by atoms with E-state index in [2.05, 4.69) is 19.9 Å². The molecular formula is C17H14N4O2. The summed E-state index contributed by atoms with van der Waals surface area (Å²) in [6, 6.07) is 11.6. The minimum atomic E-state index is -0.380. The van der Waals surface area contributed by atoms with Crippen molar-refractivity contribution in [3.63, 3.8) is 0 Å². The minimum Gasteiger partial charge on any atom is -0.464 e. The van der Waals surface area contributed by atoms with Crippen molar-refractivity contribution >= 4 is 28.0 Å². The van der Waals surface area contributed by atoms with Crippen LogP contribution in [0.15, 0.2) is 36.4 Å². The molecule has 0 amide bonds. The molecule has 3 heterocycles. The predicted octanol–water partition coefficient (Wildman–Crippen LogP) is 3.20. The molecule has 0 fully saturated rings. The first-order chi connectivity index (χ1) is 11.1. The van der Waals surface area contributed by atoms with E-state index in [0.717, 1.165) is 33.5 Å². The normalized spacial score (nSPS) is 11.2. The molecule has 0 aliphatic heterocycles. The molecule has 0 atom stereocenters. The maximum Gasteiger partial charge on any atom is 0.354 e. The van der Waals surface area contributed by atoms with Crippen LogP contribution in [0.4, 0.5) is 0 Å². The highest BCUT2D eigenvalue weighted by Gasteiger charge is 2.11. The lowest BCUT2D eigenvalue weighted by molar-refractivity contribution is 0.0595. The molecule has 0 saturated heterocycles. The molecule has 2 N–H and O–H groups in total. The first kappa shape index (κ1) is 13.5. The second-order valence-electron chi connectivity index (χ2n) is 5.37. The highest BCUT2D eigenvalue weighted by atomic mass is 16.5. The standard InChI is InChI=1S/C17H14N4O2/c1-9-18-13-6-5-12(21-16(13)19-9)10-3-4-11-8-15(17(22)23-2)20-14(11)7-10/h3-8,20H,1-2H3,(H,18,19,21). The number of pyridine rings is 1. The third-order valence-electron chi connectivity index (χ3n) is 3.79. The van der Waals surface area contributed by atoms with Crippen LogP contribution in [-0.2, 0) is 4.74 Å². The molecule has 0 saturated carbocycles. The van der Waals surface area contributed by atoms with Crippen molar-refractivity contribution < 1.29 is 9.53 Å². The highest BCUT2D eigenvalue weighted by molar-refractivity contribution is 5.96. The van der Waals surface area contributed by atoms with Gasteiger partial charge in [0.2, 0.25) is 0 Å². The van der Waals surface area contributed by atoms with Crippen LogP contribution < -0.4 is 0 Å². The summed E-state index contributed by atoms with van der Waals surface area (Å²) in [5.41, 5.74) is 4.70. The number of fused-ring (bicyclic) bond motifs is 2. The number of nitrogens with zero attached hydrogens (tertiary/aromatic N) is 2. The molecule has 4 rings (SSSR count). The number of imidazole rings is 1. The van der Waals surface area contributed by atoms with Gasteiger partial charge in [-0.2, -0.15) is 0 Å². The highest BCUT2D eigenvalue weighted by Crippen LogP contribution is 2.25. The Hall–Kier alpha value is -3.15. The molecule has 23 heavy (non-hydrogen) atoms. The van der Waals surface area contributed by atoms with Crippen LogP contribution in [-0.4, -0.2) is 33.0 Å². The number of ether oxygens (including phenoxy) is 1. The van der Waals surface area contributed by atoms with Crippen molar-refractivity contribution in [2.45, 2.75) is 6.92 Å². The summed E-state index contributed by atoms with van der Waals surface area (Å²) in [4.78, 5) is 26.8. The van der Waals surface area contributed by atoms with E-state index in [1.165, 1.54) is 7.11 Å². The van der Waals surface area contributed by atoms with Gasteiger partial charge in [-0.3, -0.25) is 0 Å². The number of aromatic nitrogens is 4. The van der Waals surface area contributed by atoms with Crippen LogP contribution in [0.3, 0.4) is 0 Å². The Morgan fingerprint density at radius 1 is 1.04 bits per heavy atom. The van der Waals surface area contributed by atoms with Gasteiger partial charge in [0.25, 0.3) is 0 Å². The summed E-state index contributed by atoms with van der Waals surface area (Å²) in [6.07, 6.45) is 0. The summed E-state index contributed by atoms with van der Waals surface area (Å²) >= 11 is 0. The molecule has 0 bridgehead atoms. The molecule has 0 spiro atoms. The fourth-order valence-corrected chi connectivity index (χ4v) is 2.68. The zero-order valence-electron chi connectivity index (χ0n) is 12.7. The zero-order valence-corrected chi connectivity index (χ0v) is 12.7. The SMILES string of the molecule is COC(=O)c1cc2ccc(-c3ccc4[nH]c(C)nc4n3)cc2[nH]1. The minimum absolute atomic E-state index is 0.380. The Bertz CT molecular complexity index is 1050. The van der Waals surface area contributed by atoms with Gasteiger partial charge in [-0.05, 0) is 31.2 Å². The van der Waals surface area contributed by atoms with Crippen LogP contribution in [0, 0.1) is 6.92 Å². The number of esters is 1. The number of rotatable bonds is 2. The van der Waals surface area contributed by atoms with Gasteiger partial charge in [0, 0.05) is 16.5 Å². The van der Waals surface area contributed by atoms with Crippen molar-refractivity contribution in [1.29, 1.82) is 0 Å². The fraction of sp³-hybridized carbons (Fsp3) is 0.118. The number of H-pyrrole nitrogens is 2. The summed E-state index contributed by atoms with van der Waals surface area (Å²) < 4.78 is 4.74. The summed E-state index contributed by atoms with van der Waals surface area (Å²) in [5.74, 6) is 0.460. The largest absolute Gasteiger partial charge is 0.464 e. The molecule has 114 valence electrons. The molecule has 0 aliphatic carbocycles. The lowest BCUT2D eigenvalue weighted by Crippen LogP contribution is -2.00. The molecule has 0 radical (unpaired) electrons. The number of carbonyl (C=O) groups is 1. The van der Waals surface area contributed by atoms with Crippen molar-refractivity contribution in [2.24, 2.45) is 0 Å². The first-order valence-electron chi connectivity index (χ1n) is 7.19. The Morgan fingerprint density at radius 3 is 2.74 bits per heavy atom. The van der Waals surface area contributed by atoms with Crippen LogP contribution in [0.2, 0.25) is 0 Å². The fourth-order valence-electron chi connectivity index (χ4n) is 2.68. The zero-order chi connectivity index (χ0) is 16.0. The lowest BCUT2D eigenvalue weighted by atomic mass is 10.1. The van der Waals surface area contributed by atoms with Crippen molar-refractivity contribution in [3.8, 4) is 11.3 Å². The maximum atomic E-state index is 11.6. The third kappa shape index (κ3) is 2.24. The number of aryl methyl sites for hydroxylation is 1. The average molecular weight is 306 g/mol. The van der Waals surface area contributed by atoms with E-state index in [0.29, 0.717) is 11.3 Å². The lowest BCUT2D eigenvalue weighted by Gasteiger charge is -2.01. The van der Waals surface area contributed by atoms with Crippen LogP contribution in [0.1, 0.15) is 16.3 Å². The van der Waals surface area contributed by atoms with E-state index in [-0.39, 0.29) is 5.97 Å². The monoisotopic (exact) mass is 306 g/mol. The number of hydrogen-bond acceptors (Lipinski definition) is 4. The van der Waals surface area contributed by atoms with Gasteiger partial charge in [0.1, 0.15) is 11.5 Å². The van der Waals surface area contributed by atoms with E-state index in [9.17, 15) is 4.79 Å². The Balaban J connectivity index is 1.81. The molecule has 0 aliphatic rings.